The van der Waals surface area contributed by atoms with E-state index in [1.54, 1.807) is 27.9 Å². The van der Waals surface area contributed by atoms with Gasteiger partial charge in [-0.25, -0.2) is 4.79 Å². The van der Waals surface area contributed by atoms with Crippen molar-refractivity contribution in [2.75, 3.05) is 27.3 Å². The van der Waals surface area contributed by atoms with Crippen molar-refractivity contribution in [3.8, 4) is 5.75 Å². The van der Waals surface area contributed by atoms with E-state index in [0.29, 0.717) is 35.7 Å². The first-order valence-electron chi connectivity index (χ1n) is 8.58. The van der Waals surface area contributed by atoms with Crippen molar-refractivity contribution in [2.45, 2.75) is 27.3 Å². The summed E-state index contributed by atoms with van der Waals surface area (Å²) in [5.41, 5.74) is 3.30. The zero-order chi connectivity index (χ0) is 19.3. The zero-order valence-electron chi connectivity index (χ0n) is 16.0. The number of nitrogens with one attached hydrogen (secondary N) is 1. The van der Waals surface area contributed by atoms with Crippen LogP contribution < -0.4 is 4.74 Å². The van der Waals surface area contributed by atoms with Crippen LogP contribution in [0.1, 0.15) is 44.6 Å². The molecular weight excluding hydrogens is 332 g/mol. The van der Waals surface area contributed by atoms with Gasteiger partial charge in [-0.05, 0) is 51.1 Å². The van der Waals surface area contributed by atoms with Crippen LogP contribution in [0.15, 0.2) is 24.3 Å². The van der Waals surface area contributed by atoms with Gasteiger partial charge in [0.05, 0.1) is 20.3 Å². The highest BCUT2D eigenvalue weighted by Crippen LogP contribution is 2.20. The summed E-state index contributed by atoms with van der Waals surface area (Å²) in [6.45, 7) is 6.48. The van der Waals surface area contributed by atoms with Gasteiger partial charge in [-0.1, -0.05) is 12.1 Å². The Balaban J connectivity index is 2.10. The third-order valence-corrected chi connectivity index (χ3v) is 4.20. The minimum absolute atomic E-state index is 0.0304. The van der Waals surface area contributed by atoms with Crippen molar-refractivity contribution in [3.63, 3.8) is 0 Å². The summed E-state index contributed by atoms with van der Waals surface area (Å²) in [6, 6.07) is 7.76. The van der Waals surface area contributed by atoms with Crippen LogP contribution in [-0.4, -0.2) is 48.9 Å². The molecule has 1 heterocycles. The van der Waals surface area contributed by atoms with E-state index in [1.807, 2.05) is 36.2 Å². The van der Waals surface area contributed by atoms with Gasteiger partial charge in [0.1, 0.15) is 11.4 Å². The van der Waals surface area contributed by atoms with Crippen LogP contribution in [0.4, 0.5) is 0 Å². The van der Waals surface area contributed by atoms with Crippen LogP contribution in [0.2, 0.25) is 0 Å². The first-order chi connectivity index (χ1) is 12.4. The minimum Gasteiger partial charge on any atom is -0.497 e. The average Bonchev–Trinajstić information content (AvgIpc) is 2.89. The normalized spacial score (nSPS) is 10.8. The maximum Gasteiger partial charge on any atom is 0.355 e. The van der Waals surface area contributed by atoms with E-state index in [4.69, 9.17) is 9.47 Å². The Morgan fingerprint density at radius 2 is 1.96 bits per heavy atom. The Morgan fingerprint density at radius 3 is 2.62 bits per heavy atom. The second-order valence-corrected chi connectivity index (χ2v) is 6.29. The number of H-pyrrole nitrogens is 1. The largest absolute Gasteiger partial charge is 0.497 e. The quantitative estimate of drug-likeness (QED) is 0.580. The molecule has 6 heteroatoms. The lowest BCUT2D eigenvalue weighted by molar-refractivity contribution is 0.0519. The molecular formula is C20H26N2O4. The number of hydrogen-bond donors (Lipinski definition) is 1. The van der Waals surface area contributed by atoms with E-state index < -0.39 is 5.97 Å². The number of benzene rings is 1. The van der Waals surface area contributed by atoms with Crippen molar-refractivity contribution < 1.29 is 19.1 Å². The summed E-state index contributed by atoms with van der Waals surface area (Å²) in [7, 11) is 3.52. The predicted molar refractivity (Wildman–Crippen MR) is 99.9 cm³/mol. The maximum absolute atomic E-state index is 12.8. The number of aromatic nitrogens is 1. The van der Waals surface area contributed by atoms with E-state index in [0.717, 1.165) is 11.3 Å². The second-order valence-electron chi connectivity index (χ2n) is 6.29. The van der Waals surface area contributed by atoms with Crippen LogP contribution in [0, 0.1) is 13.8 Å². The van der Waals surface area contributed by atoms with Gasteiger partial charge in [-0.2, -0.15) is 0 Å². The highest BCUT2D eigenvalue weighted by molar-refractivity contribution is 6.03. The first-order valence-corrected chi connectivity index (χ1v) is 8.58. The molecule has 1 aromatic carbocycles. The number of aromatic amines is 1. The van der Waals surface area contributed by atoms with Crippen LogP contribution in [0.25, 0.3) is 0 Å². The lowest BCUT2D eigenvalue weighted by Gasteiger charge is -2.16. The Morgan fingerprint density at radius 1 is 1.23 bits per heavy atom. The van der Waals surface area contributed by atoms with Crippen molar-refractivity contribution in [2.24, 2.45) is 0 Å². The molecule has 0 amide bonds. The molecule has 0 bridgehead atoms. The van der Waals surface area contributed by atoms with E-state index in [1.165, 1.54) is 0 Å². The molecule has 0 aliphatic heterocycles. The van der Waals surface area contributed by atoms with Gasteiger partial charge in [-0.15, -0.1) is 0 Å². The topological polar surface area (TPSA) is 71.6 Å². The number of aryl methyl sites for hydroxylation is 1. The van der Waals surface area contributed by atoms with Gasteiger partial charge >= 0.3 is 5.97 Å². The van der Waals surface area contributed by atoms with Gasteiger partial charge in [-0.3, -0.25) is 9.69 Å². The second kappa shape index (κ2) is 8.67. The third-order valence-electron chi connectivity index (χ3n) is 4.20. The fraction of sp³-hybridized carbons (Fsp3) is 0.400. The summed E-state index contributed by atoms with van der Waals surface area (Å²) in [4.78, 5) is 29.7. The van der Waals surface area contributed by atoms with E-state index in [2.05, 4.69) is 4.98 Å². The Labute approximate surface area is 154 Å². The molecule has 0 fully saturated rings. The monoisotopic (exact) mass is 358 g/mol. The van der Waals surface area contributed by atoms with Crippen LogP contribution in [0.5, 0.6) is 5.75 Å². The molecule has 2 aromatic rings. The van der Waals surface area contributed by atoms with Crippen LogP contribution >= 0.6 is 0 Å². The number of Topliss-reactive ketones (excluding diaryl/α,β-unsaturated/α-hetero) is 1. The minimum atomic E-state index is -0.433. The lowest BCUT2D eigenvalue weighted by atomic mass is 10.1. The molecule has 0 atom stereocenters. The fourth-order valence-corrected chi connectivity index (χ4v) is 3.04. The SMILES string of the molecule is CCOC(=O)c1[nH]c(C)c(C(=O)CN(C)Cc2cccc(OC)c2)c1C. The first kappa shape index (κ1) is 19.7. The number of ketones is 1. The molecule has 0 aliphatic rings. The third kappa shape index (κ3) is 4.52. The standard InChI is InChI=1S/C20H26N2O4/c1-6-26-20(24)19-13(2)18(14(3)21-19)17(23)12-22(4)11-15-8-7-9-16(10-15)25-5/h7-10,21H,6,11-12H2,1-5H3. The molecule has 140 valence electrons. The van der Waals surface area contributed by atoms with Crippen molar-refractivity contribution >= 4 is 11.8 Å². The molecule has 0 aliphatic carbocycles. The molecule has 1 aromatic heterocycles. The number of hydrogen-bond acceptors (Lipinski definition) is 5. The van der Waals surface area contributed by atoms with Gasteiger partial charge in [0, 0.05) is 17.8 Å². The van der Waals surface area contributed by atoms with Crippen LogP contribution in [-0.2, 0) is 11.3 Å². The smallest absolute Gasteiger partial charge is 0.355 e. The van der Waals surface area contributed by atoms with E-state index >= 15 is 0 Å². The molecule has 0 saturated carbocycles. The van der Waals surface area contributed by atoms with Gasteiger partial charge < -0.3 is 14.5 Å². The number of nitrogens with zero attached hydrogens (tertiary/aromatic N) is 1. The summed E-state index contributed by atoms with van der Waals surface area (Å²) in [6.07, 6.45) is 0. The molecule has 1 N–H and O–H groups in total. The van der Waals surface area contributed by atoms with Crippen molar-refractivity contribution in [1.82, 2.24) is 9.88 Å². The number of carbonyl (C=O) groups is 2. The molecule has 6 nitrogen and oxygen atoms in total. The summed E-state index contributed by atoms with van der Waals surface area (Å²) in [5.74, 6) is 0.327. The molecule has 0 radical (unpaired) electrons. The molecule has 0 spiro atoms. The highest BCUT2D eigenvalue weighted by Gasteiger charge is 2.23. The van der Waals surface area contributed by atoms with Gasteiger partial charge in [0.15, 0.2) is 5.78 Å². The number of ether oxygens (including phenoxy) is 2. The lowest BCUT2D eigenvalue weighted by Crippen LogP contribution is -2.26. The maximum atomic E-state index is 12.8. The van der Waals surface area contributed by atoms with E-state index in [-0.39, 0.29) is 12.3 Å². The summed E-state index contributed by atoms with van der Waals surface area (Å²) in [5, 5.41) is 0. The number of likely N-dealkylation sites (N-methyl/N-ethyl adjacent to an activating group) is 1. The molecule has 26 heavy (non-hydrogen) atoms. The zero-order valence-corrected chi connectivity index (χ0v) is 16.0. The number of esters is 1. The fourth-order valence-electron chi connectivity index (χ4n) is 3.04. The molecule has 0 unspecified atom stereocenters. The number of rotatable bonds is 8. The molecule has 0 saturated heterocycles. The van der Waals surface area contributed by atoms with Gasteiger partial charge in [0.2, 0.25) is 0 Å². The summed E-state index contributed by atoms with van der Waals surface area (Å²) < 4.78 is 10.3. The average molecular weight is 358 g/mol. The Hall–Kier alpha value is -2.60. The Kier molecular flexibility index (Phi) is 6.58. The predicted octanol–water partition coefficient (Wildman–Crippen LogP) is 3.13. The summed E-state index contributed by atoms with van der Waals surface area (Å²) >= 11 is 0. The van der Waals surface area contributed by atoms with Crippen molar-refractivity contribution in [1.29, 1.82) is 0 Å². The van der Waals surface area contributed by atoms with E-state index in [9.17, 15) is 9.59 Å². The van der Waals surface area contributed by atoms with Crippen LogP contribution in [0.3, 0.4) is 0 Å². The molecule has 2 rings (SSSR count). The Bertz CT molecular complexity index is 795. The number of carbonyl (C=O) groups excluding carboxylic acids is 2. The van der Waals surface area contributed by atoms with Crippen molar-refractivity contribution in [3.05, 3.63) is 52.3 Å². The highest BCUT2D eigenvalue weighted by atomic mass is 16.5. The van der Waals surface area contributed by atoms with Gasteiger partial charge in [0.25, 0.3) is 0 Å². The number of methoxy groups -OCH3 is 1.